The summed E-state index contributed by atoms with van der Waals surface area (Å²) in [4.78, 5) is 35.3. The molecule has 1 atom stereocenters. The fraction of sp³-hybridized carbons (Fsp3) is 0.381. The lowest BCUT2D eigenvalue weighted by Crippen LogP contribution is -2.29. The van der Waals surface area contributed by atoms with Gasteiger partial charge in [-0.25, -0.2) is 9.78 Å². The summed E-state index contributed by atoms with van der Waals surface area (Å²) in [6.07, 6.45) is 0. The molecule has 0 spiro atoms. The average Bonchev–Trinajstić information content (AvgIpc) is 3.06. The molecule has 1 N–H and O–H groups in total. The molecule has 160 valence electrons. The molecule has 0 saturated carbocycles. The van der Waals surface area contributed by atoms with Gasteiger partial charge in [-0.1, -0.05) is 15.9 Å². The second-order valence-corrected chi connectivity index (χ2v) is 8.78. The van der Waals surface area contributed by atoms with Crippen molar-refractivity contribution in [3.63, 3.8) is 0 Å². The summed E-state index contributed by atoms with van der Waals surface area (Å²) in [5.41, 5.74) is 0.364. The van der Waals surface area contributed by atoms with Gasteiger partial charge in [0.05, 0.1) is 18.0 Å². The highest BCUT2D eigenvalue weighted by Crippen LogP contribution is 2.28. The molecule has 7 nitrogen and oxygen atoms in total. The lowest BCUT2D eigenvalue weighted by Gasteiger charge is -2.23. The number of nitrogens with one attached hydrogen (secondary N) is 1. The maximum atomic E-state index is 12.7. The third-order valence-corrected chi connectivity index (χ3v) is 6.56. The van der Waals surface area contributed by atoms with E-state index in [4.69, 9.17) is 9.47 Å². The molecule has 0 aliphatic heterocycles. The maximum Gasteiger partial charge on any atom is 0.348 e. The van der Waals surface area contributed by atoms with Crippen LogP contribution in [0.15, 0.2) is 33.5 Å². The van der Waals surface area contributed by atoms with Crippen molar-refractivity contribution in [3.8, 4) is 5.75 Å². The lowest BCUT2D eigenvalue weighted by molar-refractivity contribution is 0.0531. The van der Waals surface area contributed by atoms with E-state index >= 15 is 0 Å². The van der Waals surface area contributed by atoms with Crippen LogP contribution in [0.25, 0.3) is 10.2 Å². The van der Waals surface area contributed by atoms with Crippen LogP contribution in [-0.4, -0.2) is 47.6 Å². The fourth-order valence-corrected chi connectivity index (χ4v) is 4.34. The maximum absolute atomic E-state index is 12.7. The van der Waals surface area contributed by atoms with Gasteiger partial charge in [0.25, 0.3) is 5.56 Å². The molecule has 1 aromatic carbocycles. The first-order valence-electron chi connectivity index (χ1n) is 9.60. The van der Waals surface area contributed by atoms with E-state index in [-0.39, 0.29) is 18.2 Å². The number of ether oxygens (including phenoxy) is 2. The second-order valence-electron chi connectivity index (χ2n) is 6.87. The molecule has 0 saturated heterocycles. The first kappa shape index (κ1) is 22.5. The molecule has 2 heterocycles. The second kappa shape index (κ2) is 9.72. The minimum Gasteiger partial charge on any atom is -0.492 e. The van der Waals surface area contributed by atoms with Crippen LogP contribution in [0.1, 0.15) is 40.9 Å². The summed E-state index contributed by atoms with van der Waals surface area (Å²) in [6.45, 7) is 6.90. The zero-order chi connectivity index (χ0) is 21.8. The predicted molar refractivity (Wildman–Crippen MR) is 122 cm³/mol. The first-order valence-corrected chi connectivity index (χ1v) is 11.2. The van der Waals surface area contributed by atoms with Gasteiger partial charge in [0, 0.05) is 11.0 Å². The van der Waals surface area contributed by atoms with E-state index in [0.717, 1.165) is 10.2 Å². The Bertz CT molecular complexity index is 1090. The van der Waals surface area contributed by atoms with Crippen LogP contribution in [0.2, 0.25) is 0 Å². The van der Waals surface area contributed by atoms with E-state index in [2.05, 4.69) is 30.8 Å². The molecule has 0 radical (unpaired) electrons. The van der Waals surface area contributed by atoms with Crippen LogP contribution >= 0.6 is 27.3 Å². The van der Waals surface area contributed by atoms with Crippen molar-refractivity contribution in [1.29, 1.82) is 0 Å². The number of esters is 1. The summed E-state index contributed by atoms with van der Waals surface area (Å²) < 4.78 is 11.9. The third-order valence-electron chi connectivity index (χ3n) is 4.86. The quantitative estimate of drug-likeness (QED) is 0.470. The summed E-state index contributed by atoms with van der Waals surface area (Å²) in [7, 11) is 1.95. The first-order chi connectivity index (χ1) is 14.3. The van der Waals surface area contributed by atoms with Gasteiger partial charge in [-0.15, -0.1) is 11.3 Å². The molecule has 3 aromatic rings. The standard InChI is InChI=1S/C21H24BrN3O4S/c1-5-28-21(27)17-12(2)16-19(26)23-18(24-20(16)30-17)13(3)25(4)10-11-29-15-8-6-14(22)7-9-15/h6-9,13H,5,10-11H2,1-4H3,(H,23,24,26)/t13-/m0/s1. The number of halogens is 1. The van der Waals surface area contributed by atoms with E-state index in [1.807, 2.05) is 38.2 Å². The van der Waals surface area contributed by atoms with Gasteiger partial charge in [-0.05, 0) is 57.6 Å². The number of nitrogens with zero attached hydrogens (tertiary/aromatic N) is 2. The van der Waals surface area contributed by atoms with Crippen molar-refractivity contribution in [2.24, 2.45) is 0 Å². The normalized spacial score (nSPS) is 12.3. The number of hydrogen-bond acceptors (Lipinski definition) is 7. The number of likely N-dealkylation sites (N-methyl/N-ethyl adjacent to an activating group) is 1. The van der Waals surface area contributed by atoms with Crippen molar-refractivity contribution in [3.05, 3.63) is 55.4 Å². The monoisotopic (exact) mass is 493 g/mol. The van der Waals surface area contributed by atoms with Gasteiger partial charge in [0.2, 0.25) is 0 Å². The number of aromatic amines is 1. The molecule has 3 rings (SSSR count). The van der Waals surface area contributed by atoms with Crippen molar-refractivity contribution >= 4 is 43.5 Å². The molecule has 0 aliphatic carbocycles. The number of H-pyrrole nitrogens is 1. The highest BCUT2D eigenvalue weighted by molar-refractivity contribution is 9.10. The molecule has 30 heavy (non-hydrogen) atoms. The molecular weight excluding hydrogens is 470 g/mol. The van der Waals surface area contributed by atoms with Gasteiger partial charge in [-0.2, -0.15) is 0 Å². The molecule has 2 aromatic heterocycles. The minimum absolute atomic E-state index is 0.135. The van der Waals surface area contributed by atoms with E-state index < -0.39 is 5.97 Å². The molecule has 0 aliphatic rings. The Morgan fingerprint density at radius 2 is 2.03 bits per heavy atom. The van der Waals surface area contributed by atoms with Gasteiger partial charge in [0.15, 0.2) is 0 Å². The van der Waals surface area contributed by atoms with Crippen LogP contribution in [-0.2, 0) is 4.74 Å². The van der Waals surface area contributed by atoms with Crippen LogP contribution in [0.4, 0.5) is 0 Å². The van der Waals surface area contributed by atoms with Gasteiger partial charge in [0.1, 0.15) is 27.9 Å². The highest BCUT2D eigenvalue weighted by Gasteiger charge is 2.22. The largest absolute Gasteiger partial charge is 0.492 e. The lowest BCUT2D eigenvalue weighted by atomic mass is 10.2. The number of aryl methyl sites for hydroxylation is 1. The number of fused-ring (bicyclic) bond motifs is 1. The summed E-state index contributed by atoms with van der Waals surface area (Å²) >= 11 is 4.59. The molecular formula is C21H24BrN3O4S. The van der Waals surface area contributed by atoms with E-state index in [0.29, 0.717) is 39.6 Å². The zero-order valence-electron chi connectivity index (χ0n) is 17.3. The number of carbonyl (C=O) groups excluding carboxylic acids is 1. The molecule has 0 amide bonds. The SMILES string of the molecule is CCOC(=O)c1sc2nc([C@H](C)N(C)CCOc3ccc(Br)cc3)[nH]c(=O)c2c1C. The molecule has 0 unspecified atom stereocenters. The Balaban J connectivity index is 1.73. The number of hydrogen-bond donors (Lipinski definition) is 1. The van der Waals surface area contributed by atoms with Crippen molar-refractivity contribution in [2.45, 2.75) is 26.8 Å². The predicted octanol–water partition coefficient (Wildman–Crippen LogP) is 4.30. The Morgan fingerprint density at radius 3 is 2.70 bits per heavy atom. The summed E-state index contributed by atoms with van der Waals surface area (Å²) in [6, 6.07) is 7.53. The van der Waals surface area contributed by atoms with Crippen LogP contribution < -0.4 is 10.3 Å². The topological polar surface area (TPSA) is 84.5 Å². The van der Waals surface area contributed by atoms with E-state index in [9.17, 15) is 9.59 Å². The number of rotatable bonds is 8. The fourth-order valence-electron chi connectivity index (χ4n) is 2.99. The summed E-state index contributed by atoms with van der Waals surface area (Å²) in [5, 5.41) is 0.445. The zero-order valence-corrected chi connectivity index (χ0v) is 19.7. The van der Waals surface area contributed by atoms with Crippen LogP contribution in [0, 0.1) is 6.92 Å². The van der Waals surface area contributed by atoms with Crippen molar-refractivity contribution in [1.82, 2.24) is 14.9 Å². The third kappa shape index (κ3) is 4.91. The van der Waals surface area contributed by atoms with E-state index in [1.165, 1.54) is 11.3 Å². The Hall–Kier alpha value is -2.23. The van der Waals surface area contributed by atoms with Crippen molar-refractivity contribution < 1.29 is 14.3 Å². The Kier molecular flexibility index (Phi) is 7.27. The van der Waals surface area contributed by atoms with Crippen LogP contribution in [0.3, 0.4) is 0 Å². The smallest absolute Gasteiger partial charge is 0.348 e. The summed E-state index contributed by atoms with van der Waals surface area (Å²) in [5.74, 6) is 0.928. The molecule has 0 fully saturated rings. The van der Waals surface area contributed by atoms with Crippen LogP contribution in [0.5, 0.6) is 5.75 Å². The number of aromatic nitrogens is 2. The molecule has 9 heteroatoms. The highest BCUT2D eigenvalue weighted by atomic mass is 79.9. The van der Waals surface area contributed by atoms with Gasteiger partial charge in [-0.3, -0.25) is 9.69 Å². The minimum atomic E-state index is -0.422. The van der Waals surface area contributed by atoms with Crippen molar-refractivity contribution in [2.75, 3.05) is 26.8 Å². The Morgan fingerprint density at radius 1 is 1.33 bits per heavy atom. The average molecular weight is 494 g/mol. The van der Waals surface area contributed by atoms with Gasteiger partial charge >= 0.3 is 5.97 Å². The Labute approximate surface area is 187 Å². The number of carbonyl (C=O) groups is 1. The van der Waals surface area contributed by atoms with Gasteiger partial charge < -0.3 is 14.5 Å². The van der Waals surface area contributed by atoms with E-state index in [1.54, 1.807) is 13.8 Å². The number of benzene rings is 1. The number of thiophene rings is 1. The molecule has 0 bridgehead atoms.